The van der Waals surface area contributed by atoms with Crippen molar-refractivity contribution in [3.05, 3.63) is 0 Å². The van der Waals surface area contributed by atoms with Gasteiger partial charge in [0.25, 0.3) is 0 Å². The Hall–Kier alpha value is -1.39. The minimum absolute atomic E-state index is 0.0962. The lowest BCUT2D eigenvalue weighted by Gasteiger charge is -1.99. The molecule has 0 aromatic carbocycles. The molecule has 80 valence electrons. The highest BCUT2D eigenvalue weighted by Crippen LogP contribution is 2.03. The Bertz CT molecular complexity index is 221. The molecule has 0 spiro atoms. The maximum atomic E-state index is 10.8. The topological polar surface area (TPSA) is 80.7 Å². The summed E-state index contributed by atoms with van der Waals surface area (Å²) in [6.07, 6.45) is 3.66. The summed E-state index contributed by atoms with van der Waals surface area (Å²) >= 11 is 0. The third-order valence-electron chi connectivity index (χ3n) is 1.62. The molecule has 5 heteroatoms. The highest BCUT2D eigenvalue weighted by molar-refractivity contribution is 6.30. The molecule has 0 saturated heterocycles. The second-order valence-corrected chi connectivity index (χ2v) is 2.88. The number of carbonyl (C=O) groups excluding carboxylic acids is 2. The fourth-order valence-electron chi connectivity index (χ4n) is 0.894. The Morgan fingerprint density at radius 2 is 1.79 bits per heavy atom. The van der Waals surface area contributed by atoms with Crippen molar-refractivity contribution in [2.45, 2.75) is 39.0 Å². The van der Waals surface area contributed by atoms with Crippen molar-refractivity contribution in [2.75, 3.05) is 0 Å². The second kappa shape index (κ2) is 7.06. The van der Waals surface area contributed by atoms with Gasteiger partial charge in [0.15, 0.2) is 0 Å². The van der Waals surface area contributed by atoms with Gasteiger partial charge in [0, 0.05) is 6.42 Å². The van der Waals surface area contributed by atoms with Gasteiger partial charge in [-0.25, -0.2) is 9.59 Å². The minimum atomic E-state index is -1.74. The number of esters is 2. The average Bonchev–Trinajstić information content (AvgIpc) is 2.12. The summed E-state index contributed by atoms with van der Waals surface area (Å²) in [4.78, 5) is 31.2. The van der Waals surface area contributed by atoms with Crippen LogP contribution in [-0.2, 0) is 19.1 Å². The van der Waals surface area contributed by atoms with Crippen LogP contribution < -0.4 is 0 Å². The van der Waals surface area contributed by atoms with Crippen LogP contribution in [0.15, 0.2) is 0 Å². The van der Waals surface area contributed by atoms with Gasteiger partial charge in [-0.05, 0) is 6.42 Å². The zero-order chi connectivity index (χ0) is 11.0. The molecular weight excluding hydrogens is 188 g/mol. The Labute approximate surface area is 82.1 Å². The second-order valence-electron chi connectivity index (χ2n) is 2.88. The van der Waals surface area contributed by atoms with E-state index in [-0.39, 0.29) is 6.42 Å². The predicted molar refractivity (Wildman–Crippen MR) is 47.5 cm³/mol. The van der Waals surface area contributed by atoms with Crippen molar-refractivity contribution < 1.29 is 24.2 Å². The molecule has 0 heterocycles. The van der Waals surface area contributed by atoms with E-state index in [0.29, 0.717) is 6.42 Å². The van der Waals surface area contributed by atoms with Crippen molar-refractivity contribution in [1.29, 1.82) is 0 Å². The summed E-state index contributed by atoms with van der Waals surface area (Å²) in [7, 11) is 0. The fraction of sp³-hybridized carbons (Fsp3) is 0.667. The summed E-state index contributed by atoms with van der Waals surface area (Å²) in [5.74, 6) is -4.02. The van der Waals surface area contributed by atoms with Gasteiger partial charge in [-0.1, -0.05) is 26.2 Å². The molecule has 0 aromatic rings. The number of carbonyl (C=O) groups is 3. The van der Waals surface area contributed by atoms with E-state index in [1.54, 1.807) is 0 Å². The van der Waals surface area contributed by atoms with E-state index in [2.05, 4.69) is 4.74 Å². The standard InChI is InChI=1S/C9H14O5/c1-2-3-4-5-6-7(10)14-9(13)8(11)12/h2-6H2,1H3,(H,11,12). The molecule has 0 amide bonds. The summed E-state index contributed by atoms with van der Waals surface area (Å²) in [5.41, 5.74) is 0. The molecule has 0 saturated carbocycles. The highest BCUT2D eigenvalue weighted by atomic mass is 16.6. The van der Waals surface area contributed by atoms with E-state index in [9.17, 15) is 14.4 Å². The maximum Gasteiger partial charge on any atom is 0.424 e. The first kappa shape index (κ1) is 12.6. The van der Waals surface area contributed by atoms with Gasteiger partial charge in [-0.3, -0.25) is 4.79 Å². The van der Waals surface area contributed by atoms with Gasteiger partial charge in [0.05, 0.1) is 0 Å². The molecule has 0 unspecified atom stereocenters. The predicted octanol–water partition coefficient (Wildman–Crippen LogP) is 1.11. The summed E-state index contributed by atoms with van der Waals surface area (Å²) in [6.45, 7) is 2.03. The molecule has 0 fully saturated rings. The van der Waals surface area contributed by atoms with Gasteiger partial charge in [0.2, 0.25) is 0 Å². The summed E-state index contributed by atoms with van der Waals surface area (Å²) in [6, 6.07) is 0. The molecule has 5 nitrogen and oxygen atoms in total. The molecule has 0 aliphatic rings. The average molecular weight is 202 g/mol. The third-order valence-corrected chi connectivity index (χ3v) is 1.62. The van der Waals surface area contributed by atoms with Crippen molar-refractivity contribution in [2.24, 2.45) is 0 Å². The fourth-order valence-corrected chi connectivity index (χ4v) is 0.894. The lowest BCUT2D eigenvalue weighted by atomic mass is 10.2. The summed E-state index contributed by atoms with van der Waals surface area (Å²) in [5, 5.41) is 8.11. The monoisotopic (exact) mass is 202 g/mol. The quantitative estimate of drug-likeness (QED) is 0.312. The summed E-state index contributed by atoms with van der Waals surface area (Å²) < 4.78 is 4.01. The number of hydrogen-bond acceptors (Lipinski definition) is 4. The van der Waals surface area contributed by atoms with Gasteiger partial charge < -0.3 is 9.84 Å². The minimum Gasteiger partial charge on any atom is -0.473 e. The van der Waals surface area contributed by atoms with Crippen molar-refractivity contribution >= 4 is 17.9 Å². The van der Waals surface area contributed by atoms with E-state index < -0.39 is 17.9 Å². The Morgan fingerprint density at radius 1 is 1.14 bits per heavy atom. The Kier molecular flexibility index (Phi) is 6.36. The van der Waals surface area contributed by atoms with E-state index in [1.165, 1.54) is 0 Å². The van der Waals surface area contributed by atoms with E-state index >= 15 is 0 Å². The largest absolute Gasteiger partial charge is 0.473 e. The molecule has 0 radical (unpaired) electrons. The zero-order valence-corrected chi connectivity index (χ0v) is 8.12. The van der Waals surface area contributed by atoms with Crippen LogP contribution in [-0.4, -0.2) is 23.0 Å². The van der Waals surface area contributed by atoms with Gasteiger partial charge in [0.1, 0.15) is 0 Å². The van der Waals surface area contributed by atoms with Gasteiger partial charge in [-0.2, -0.15) is 0 Å². The number of aliphatic carboxylic acids is 1. The van der Waals surface area contributed by atoms with Gasteiger partial charge >= 0.3 is 17.9 Å². The molecule has 0 rings (SSSR count). The maximum absolute atomic E-state index is 10.8. The van der Waals surface area contributed by atoms with Crippen LogP contribution in [0.1, 0.15) is 39.0 Å². The molecule has 0 aliphatic heterocycles. The van der Waals surface area contributed by atoms with Crippen molar-refractivity contribution in [3.63, 3.8) is 0 Å². The number of carboxylic acids is 1. The van der Waals surface area contributed by atoms with Crippen LogP contribution in [0.25, 0.3) is 0 Å². The highest BCUT2D eigenvalue weighted by Gasteiger charge is 2.17. The lowest BCUT2D eigenvalue weighted by molar-refractivity contribution is -0.170. The Morgan fingerprint density at radius 3 is 2.29 bits per heavy atom. The van der Waals surface area contributed by atoms with Crippen LogP contribution in [0, 0.1) is 0 Å². The number of carboxylic acid groups (broad SMARTS) is 1. The lowest BCUT2D eigenvalue weighted by Crippen LogP contribution is -2.20. The first-order chi connectivity index (χ1) is 6.57. The van der Waals surface area contributed by atoms with Crippen molar-refractivity contribution in [3.8, 4) is 0 Å². The zero-order valence-electron chi connectivity index (χ0n) is 8.12. The van der Waals surface area contributed by atoms with Crippen molar-refractivity contribution in [1.82, 2.24) is 0 Å². The molecule has 1 N–H and O–H groups in total. The normalized spacial score (nSPS) is 9.50. The molecule has 0 atom stereocenters. The Balaban J connectivity index is 3.56. The van der Waals surface area contributed by atoms with Crippen LogP contribution in [0.3, 0.4) is 0 Å². The first-order valence-corrected chi connectivity index (χ1v) is 4.55. The molecule has 0 aromatic heterocycles. The van der Waals surface area contributed by atoms with E-state index in [1.807, 2.05) is 6.92 Å². The van der Waals surface area contributed by atoms with Crippen LogP contribution in [0.2, 0.25) is 0 Å². The third kappa shape index (κ3) is 6.16. The van der Waals surface area contributed by atoms with E-state index in [0.717, 1.165) is 19.3 Å². The SMILES string of the molecule is CCCCCCC(=O)OC(=O)C(=O)O. The van der Waals surface area contributed by atoms with E-state index in [4.69, 9.17) is 5.11 Å². The smallest absolute Gasteiger partial charge is 0.424 e. The van der Waals surface area contributed by atoms with Gasteiger partial charge in [-0.15, -0.1) is 0 Å². The molecule has 0 aliphatic carbocycles. The number of hydrogen-bond donors (Lipinski definition) is 1. The first-order valence-electron chi connectivity index (χ1n) is 4.55. The number of unbranched alkanes of at least 4 members (excludes halogenated alkanes) is 3. The van der Waals surface area contributed by atoms with Crippen LogP contribution in [0.5, 0.6) is 0 Å². The molecule has 0 bridgehead atoms. The molecule has 14 heavy (non-hydrogen) atoms. The molecular formula is C9H14O5. The van der Waals surface area contributed by atoms with Crippen LogP contribution >= 0.6 is 0 Å². The number of rotatable bonds is 5. The van der Waals surface area contributed by atoms with Crippen LogP contribution in [0.4, 0.5) is 0 Å². The number of ether oxygens (including phenoxy) is 1.